The molecule has 0 spiro atoms. The molecule has 0 radical (unpaired) electrons. The third-order valence-corrected chi connectivity index (χ3v) is 3.57. The van der Waals surface area contributed by atoms with Crippen LogP contribution in [0, 0.1) is 5.82 Å². The molecule has 5 nitrogen and oxygen atoms in total. The Labute approximate surface area is 132 Å². The molecular weight excluding hydrogens is 297 g/mol. The first-order chi connectivity index (χ1) is 11.1. The van der Waals surface area contributed by atoms with Gasteiger partial charge in [-0.2, -0.15) is 0 Å². The van der Waals surface area contributed by atoms with Gasteiger partial charge in [0.2, 0.25) is 0 Å². The molecule has 3 aromatic rings. The van der Waals surface area contributed by atoms with Crippen LogP contribution >= 0.6 is 0 Å². The average Bonchev–Trinajstić information content (AvgIpc) is 3.03. The molecule has 6 heteroatoms. The van der Waals surface area contributed by atoms with Crippen LogP contribution in [-0.4, -0.2) is 24.7 Å². The van der Waals surface area contributed by atoms with E-state index >= 15 is 0 Å². The average molecular weight is 313 g/mol. The van der Waals surface area contributed by atoms with Crippen LogP contribution in [0.3, 0.4) is 0 Å². The first-order valence-corrected chi connectivity index (χ1v) is 7.21. The van der Waals surface area contributed by atoms with Gasteiger partial charge in [0.1, 0.15) is 11.5 Å². The number of hydrogen-bond donors (Lipinski definition) is 2. The lowest BCUT2D eigenvalue weighted by Crippen LogP contribution is -2.00. The molecule has 0 aliphatic heterocycles. The van der Waals surface area contributed by atoms with Crippen LogP contribution in [0.1, 0.15) is 17.4 Å². The molecule has 0 saturated carbocycles. The van der Waals surface area contributed by atoms with Crippen LogP contribution in [-0.2, 0) is 13.0 Å². The largest absolute Gasteiger partial charge is 0.364 e. The monoisotopic (exact) mass is 313 g/mol. The maximum Gasteiger partial charge on any atom is 0.178 e. The third kappa shape index (κ3) is 3.61. The van der Waals surface area contributed by atoms with Crippen molar-refractivity contribution in [1.82, 2.24) is 14.5 Å². The quantitative estimate of drug-likeness (QED) is 0.709. The zero-order valence-corrected chi connectivity index (χ0v) is 12.3. The summed E-state index contributed by atoms with van der Waals surface area (Å²) in [6, 6.07) is 9.80. The highest BCUT2D eigenvalue weighted by Gasteiger charge is 2.08. The summed E-state index contributed by atoms with van der Waals surface area (Å²) in [5.41, 5.74) is 2.20. The van der Waals surface area contributed by atoms with Crippen LogP contribution in [0.25, 0.3) is 11.4 Å². The molecule has 0 amide bonds. The number of aryl methyl sites for hydroxylation is 2. The highest BCUT2D eigenvalue weighted by molar-refractivity contribution is 5.53. The molecule has 118 valence electrons. The van der Waals surface area contributed by atoms with Gasteiger partial charge in [-0.05, 0) is 30.2 Å². The Morgan fingerprint density at radius 2 is 1.91 bits per heavy atom. The number of pyridine rings is 1. The smallest absolute Gasteiger partial charge is 0.178 e. The molecule has 2 aromatic heterocycles. The lowest BCUT2D eigenvalue weighted by molar-refractivity contribution is -0.0425. The summed E-state index contributed by atoms with van der Waals surface area (Å²) in [5, 5.41) is 18.4. The molecule has 0 saturated heterocycles. The minimum atomic E-state index is -1.54. The number of aliphatic hydroxyl groups excluding tert-OH is 1. The lowest BCUT2D eigenvalue weighted by Gasteiger charge is -2.05. The van der Waals surface area contributed by atoms with E-state index < -0.39 is 6.29 Å². The van der Waals surface area contributed by atoms with Crippen molar-refractivity contribution in [2.75, 3.05) is 0 Å². The molecule has 2 heterocycles. The molecule has 0 unspecified atom stereocenters. The first kappa shape index (κ1) is 15.3. The molecule has 0 fully saturated rings. The fourth-order valence-electron chi connectivity index (χ4n) is 2.31. The number of halogens is 1. The Hall–Kier alpha value is -2.57. The van der Waals surface area contributed by atoms with Crippen molar-refractivity contribution in [2.45, 2.75) is 19.3 Å². The van der Waals surface area contributed by atoms with Crippen LogP contribution < -0.4 is 0 Å². The van der Waals surface area contributed by atoms with Crippen molar-refractivity contribution >= 4 is 0 Å². The highest BCUT2D eigenvalue weighted by atomic mass is 19.1. The van der Waals surface area contributed by atoms with E-state index in [0.29, 0.717) is 35.5 Å². The van der Waals surface area contributed by atoms with Crippen LogP contribution in [0.4, 0.5) is 4.39 Å². The zero-order valence-electron chi connectivity index (χ0n) is 12.3. The Kier molecular flexibility index (Phi) is 4.45. The van der Waals surface area contributed by atoms with Crippen molar-refractivity contribution in [1.29, 1.82) is 0 Å². The Bertz CT molecular complexity index is 802. The first-order valence-electron chi connectivity index (χ1n) is 7.21. The van der Waals surface area contributed by atoms with E-state index in [0.717, 1.165) is 0 Å². The molecule has 0 atom stereocenters. The molecule has 3 rings (SSSR count). The minimum absolute atomic E-state index is 0.209. The lowest BCUT2D eigenvalue weighted by atomic mass is 10.1. The number of hydrogen-bond acceptors (Lipinski definition) is 4. The predicted octanol–water partition coefficient (Wildman–Crippen LogP) is 2.31. The van der Waals surface area contributed by atoms with Gasteiger partial charge >= 0.3 is 0 Å². The van der Waals surface area contributed by atoms with Gasteiger partial charge in [0.05, 0.1) is 12.0 Å². The van der Waals surface area contributed by atoms with Gasteiger partial charge in [0, 0.05) is 24.5 Å². The summed E-state index contributed by atoms with van der Waals surface area (Å²) < 4.78 is 15.5. The fraction of sp³-hybridized carbons (Fsp3) is 0.176. The van der Waals surface area contributed by atoms with Gasteiger partial charge in [0.15, 0.2) is 6.29 Å². The second-order valence-corrected chi connectivity index (χ2v) is 5.19. The predicted molar refractivity (Wildman–Crippen MR) is 82.7 cm³/mol. The number of benzene rings is 1. The fourth-order valence-corrected chi connectivity index (χ4v) is 2.31. The molecule has 0 aliphatic carbocycles. The van der Waals surface area contributed by atoms with Gasteiger partial charge in [-0.15, -0.1) is 0 Å². The number of rotatable bonds is 5. The van der Waals surface area contributed by atoms with E-state index in [1.165, 1.54) is 18.3 Å². The van der Waals surface area contributed by atoms with Crippen LogP contribution in [0.2, 0.25) is 0 Å². The standard InChI is InChI=1S/C17H16FN3O2/c18-14-4-2-1-3-12(14)6-8-21-10-16(20-11-21)15-9-13(17(22)23)5-7-19-15/h1-5,7,9-11,17,22-23H,6,8H2. The topological polar surface area (TPSA) is 71.2 Å². The minimum Gasteiger partial charge on any atom is -0.364 e. The Morgan fingerprint density at radius 1 is 1.09 bits per heavy atom. The van der Waals surface area contributed by atoms with Crippen LogP contribution in [0.5, 0.6) is 0 Å². The number of aromatic nitrogens is 3. The Morgan fingerprint density at radius 3 is 2.70 bits per heavy atom. The summed E-state index contributed by atoms with van der Waals surface area (Å²) in [6.45, 7) is 0.594. The summed E-state index contributed by atoms with van der Waals surface area (Å²) >= 11 is 0. The number of nitrogens with zero attached hydrogens (tertiary/aromatic N) is 3. The normalized spacial score (nSPS) is 11.1. The van der Waals surface area contributed by atoms with E-state index in [1.807, 2.05) is 10.6 Å². The zero-order chi connectivity index (χ0) is 16.2. The maximum atomic E-state index is 13.6. The van der Waals surface area contributed by atoms with E-state index in [9.17, 15) is 14.6 Å². The molecule has 23 heavy (non-hydrogen) atoms. The number of aliphatic hydroxyl groups is 2. The van der Waals surface area contributed by atoms with Gasteiger partial charge in [-0.25, -0.2) is 9.37 Å². The molecule has 0 bridgehead atoms. The second kappa shape index (κ2) is 6.68. The van der Waals surface area contributed by atoms with E-state index in [1.54, 1.807) is 30.7 Å². The van der Waals surface area contributed by atoms with Crippen molar-refractivity contribution in [3.05, 3.63) is 72.1 Å². The summed E-state index contributed by atoms with van der Waals surface area (Å²) in [7, 11) is 0. The Balaban J connectivity index is 1.73. The van der Waals surface area contributed by atoms with Gasteiger partial charge in [-0.1, -0.05) is 18.2 Å². The van der Waals surface area contributed by atoms with Gasteiger partial charge < -0.3 is 14.8 Å². The van der Waals surface area contributed by atoms with Crippen molar-refractivity contribution in [2.24, 2.45) is 0 Å². The van der Waals surface area contributed by atoms with Crippen molar-refractivity contribution in [3.63, 3.8) is 0 Å². The second-order valence-electron chi connectivity index (χ2n) is 5.19. The highest BCUT2D eigenvalue weighted by Crippen LogP contribution is 2.19. The molecule has 2 N–H and O–H groups in total. The van der Waals surface area contributed by atoms with Crippen molar-refractivity contribution in [3.8, 4) is 11.4 Å². The molecular formula is C17H16FN3O2. The summed E-state index contributed by atoms with van der Waals surface area (Å²) in [5.74, 6) is -0.209. The SMILES string of the molecule is OC(O)c1ccnc(-c2cn(CCc3ccccc3F)cn2)c1. The van der Waals surface area contributed by atoms with E-state index in [-0.39, 0.29) is 5.82 Å². The molecule has 0 aliphatic rings. The number of imidazole rings is 1. The summed E-state index contributed by atoms with van der Waals surface area (Å²) in [4.78, 5) is 8.44. The van der Waals surface area contributed by atoms with Gasteiger partial charge in [-0.3, -0.25) is 4.98 Å². The third-order valence-electron chi connectivity index (χ3n) is 3.57. The van der Waals surface area contributed by atoms with E-state index in [4.69, 9.17) is 0 Å². The van der Waals surface area contributed by atoms with Gasteiger partial charge in [0.25, 0.3) is 0 Å². The maximum absolute atomic E-state index is 13.6. The van der Waals surface area contributed by atoms with E-state index in [2.05, 4.69) is 9.97 Å². The van der Waals surface area contributed by atoms with Crippen LogP contribution in [0.15, 0.2) is 55.1 Å². The summed E-state index contributed by atoms with van der Waals surface area (Å²) in [6.07, 6.45) is 3.98. The molecule has 1 aromatic carbocycles. The van der Waals surface area contributed by atoms with Crippen molar-refractivity contribution < 1.29 is 14.6 Å².